The summed E-state index contributed by atoms with van der Waals surface area (Å²) in [6.07, 6.45) is -2.04. The van der Waals surface area contributed by atoms with Gasteiger partial charge in [-0.25, -0.2) is 8.42 Å². The standard InChI is InChI=1S/C25H32F3N3O4S2/c26-25(27,28)22-8-1-2-9-23(22)37(33,34)31-11-4-3-6-20(31)18-35-19-24(32)30-15-13-29(14-16-30)12-10-21-7-5-17-36-21/h1-2,5,7-9,17,20H,3-4,6,10-16,18-19H2. The van der Waals surface area contributed by atoms with Gasteiger partial charge in [-0.05, 0) is 42.8 Å². The van der Waals surface area contributed by atoms with E-state index in [9.17, 15) is 26.4 Å². The van der Waals surface area contributed by atoms with Crippen LogP contribution in [-0.4, -0.2) is 87.0 Å². The molecule has 4 rings (SSSR count). The number of carbonyl (C=O) groups excluding carboxylic acids is 1. The molecule has 0 saturated carbocycles. The van der Waals surface area contributed by atoms with Gasteiger partial charge in [0.2, 0.25) is 15.9 Å². The SMILES string of the molecule is O=C(COCC1CCCCN1S(=O)(=O)c1ccccc1C(F)(F)F)N1CCN(CCc2cccs2)CC1. The lowest BCUT2D eigenvalue weighted by Crippen LogP contribution is -2.50. The van der Waals surface area contributed by atoms with Crippen LogP contribution >= 0.6 is 11.3 Å². The Bertz CT molecular complexity index is 1130. The van der Waals surface area contributed by atoms with E-state index in [0.29, 0.717) is 25.9 Å². The van der Waals surface area contributed by atoms with Crippen molar-refractivity contribution in [2.24, 2.45) is 0 Å². The molecule has 204 valence electrons. The second kappa shape index (κ2) is 12.2. The molecular formula is C25H32F3N3O4S2. The molecule has 2 aromatic rings. The van der Waals surface area contributed by atoms with E-state index in [1.165, 1.54) is 17.0 Å². The molecule has 2 aliphatic heterocycles. The molecule has 0 bridgehead atoms. The summed E-state index contributed by atoms with van der Waals surface area (Å²) < 4.78 is 73.7. The predicted octanol–water partition coefficient (Wildman–Crippen LogP) is 3.71. The number of piperazine rings is 1. The highest BCUT2D eigenvalue weighted by atomic mass is 32.2. The van der Waals surface area contributed by atoms with Gasteiger partial charge < -0.3 is 9.64 Å². The molecule has 0 radical (unpaired) electrons. The van der Waals surface area contributed by atoms with Crippen molar-refractivity contribution in [3.8, 4) is 0 Å². The summed E-state index contributed by atoms with van der Waals surface area (Å²) in [6.45, 7) is 3.61. The van der Waals surface area contributed by atoms with Gasteiger partial charge in [-0.2, -0.15) is 17.5 Å². The maximum Gasteiger partial charge on any atom is 0.417 e. The normalized spacial score (nSPS) is 20.3. The Labute approximate surface area is 219 Å². The third-order valence-corrected chi connectivity index (χ3v) is 9.81. The number of thiophene rings is 1. The lowest BCUT2D eigenvalue weighted by molar-refractivity contribution is -0.140. The number of nitrogens with zero attached hydrogens (tertiary/aromatic N) is 3. The predicted molar refractivity (Wildman–Crippen MR) is 135 cm³/mol. The van der Waals surface area contributed by atoms with Crippen LogP contribution in [0.4, 0.5) is 13.2 Å². The maximum atomic E-state index is 13.5. The van der Waals surface area contributed by atoms with Crippen molar-refractivity contribution < 1.29 is 31.1 Å². The molecule has 3 heterocycles. The molecule has 7 nitrogen and oxygen atoms in total. The van der Waals surface area contributed by atoms with Crippen molar-refractivity contribution in [2.75, 3.05) is 52.5 Å². The maximum absolute atomic E-state index is 13.5. The van der Waals surface area contributed by atoms with Crippen molar-refractivity contribution >= 4 is 27.3 Å². The quantitative estimate of drug-likeness (QED) is 0.469. The number of carbonyl (C=O) groups is 1. The first kappa shape index (κ1) is 28.0. The van der Waals surface area contributed by atoms with Gasteiger partial charge in [0.25, 0.3) is 0 Å². The second-order valence-electron chi connectivity index (χ2n) is 9.33. The monoisotopic (exact) mass is 559 g/mol. The van der Waals surface area contributed by atoms with E-state index in [1.54, 1.807) is 16.2 Å². The van der Waals surface area contributed by atoms with Crippen molar-refractivity contribution in [3.63, 3.8) is 0 Å². The van der Waals surface area contributed by atoms with Crippen LogP contribution in [0.25, 0.3) is 0 Å². The van der Waals surface area contributed by atoms with Crippen LogP contribution in [-0.2, 0) is 32.2 Å². The highest BCUT2D eigenvalue weighted by Gasteiger charge is 2.41. The van der Waals surface area contributed by atoms with E-state index in [0.717, 1.165) is 48.9 Å². The number of halogens is 3. The molecule has 1 unspecified atom stereocenters. The van der Waals surface area contributed by atoms with Crippen LogP contribution in [0, 0.1) is 0 Å². The number of hydrogen-bond acceptors (Lipinski definition) is 6. The van der Waals surface area contributed by atoms with E-state index >= 15 is 0 Å². The average molecular weight is 560 g/mol. The van der Waals surface area contributed by atoms with Crippen LogP contribution in [0.5, 0.6) is 0 Å². The van der Waals surface area contributed by atoms with Gasteiger partial charge in [-0.15, -0.1) is 11.3 Å². The fourth-order valence-corrected chi connectivity index (χ4v) is 7.42. The van der Waals surface area contributed by atoms with E-state index in [2.05, 4.69) is 16.3 Å². The first-order valence-corrected chi connectivity index (χ1v) is 14.8. The number of sulfonamides is 1. The Morgan fingerprint density at radius 1 is 1.03 bits per heavy atom. The molecule has 0 N–H and O–H groups in total. The number of rotatable bonds is 9. The molecule has 2 aliphatic rings. The molecule has 1 aromatic heterocycles. The average Bonchev–Trinajstić information content (AvgIpc) is 3.41. The van der Waals surface area contributed by atoms with Gasteiger partial charge in [-0.3, -0.25) is 9.69 Å². The molecule has 1 atom stereocenters. The highest BCUT2D eigenvalue weighted by Crippen LogP contribution is 2.36. The summed E-state index contributed by atoms with van der Waals surface area (Å²) in [5.74, 6) is -0.162. The minimum atomic E-state index is -4.79. The summed E-state index contributed by atoms with van der Waals surface area (Å²) >= 11 is 1.74. The third-order valence-electron chi connectivity index (χ3n) is 6.87. The number of benzene rings is 1. The van der Waals surface area contributed by atoms with E-state index in [-0.39, 0.29) is 25.7 Å². The first-order chi connectivity index (χ1) is 17.7. The Morgan fingerprint density at radius 3 is 2.49 bits per heavy atom. The molecule has 12 heteroatoms. The zero-order valence-corrected chi connectivity index (χ0v) is 22.2. The summed E-state index contributed by atoms with van der Waals surface area (Å²) in [6, 6.07) is 7.78. The van der Waals surface area contributed by atoms with Crippen molar-refractivity contribution in [1.82, 2.24) is 14.1 Å². The van der Waals surface area contributed by atoms with Crippen molar-refractivity contribution in [1.29, 1.82) is 0 Å². The number of ether oxygens (including phenoxy) is 1. The lowest BCUT2D eigenvalue weighted by atomic mass is 10.1. The molecule has 0 spiro atoms. The largest absolute Gasteiger partial charge is 0.417 e. The smallest absolute Gasteiger partial charge is 0.370 e. The van der Waals surface area contributed by atoms with Crippen LogP contribution in [0.3, 0.4) is 0 Å². The Morgan fingerprint density at radius 2 is 1.78 bits per heavy atom. The number of alkyl halides is 3. The fraction of sp³-hybridized carbons (Fsp3) is 0.560. The molecule has 1 aromatic carbocycles. The number of hydrogen-bond donors (Lipinski definition) is 0. The lowest BCUT2D eigenvalue weighted by Gasteiger charge is -2.36. The van der Waals surface area contributed by atoms with Crippen LogP contribution < -0.4 is 0 Å². The molecular weight excluding hydrogens is 527 g/mol. The minimum absolute atomic E-state index is 0.0417. The number of amides is 1. The van der Waals surface area contributed by atoms with Gasteiger partial charge >= 0.3 is 6.18 Å². The molecule has 2 fully saturated rings. The van der Waals surface area contributed by atoms with Gasteiger partial charge in [0, 0.05) is 50.2 Å². The minimum Gasteiger partial charge on any atom is -0.370 e. The van der Waals surface area contributed by atoms with Gasteiger partial charge in [0.05, 0.1) is 17.1 Å². The van der Waals surface area contributed by atoms with Crippen LogP contribution in [0.2, 0.25) is 0 Å². The summed E-state index contributed by atoms with van der Waals surface area (Å²) in [4.78, 5) is 17.3. The Balaban J connectivity index is 1.29. The van der Waals surface area contributed by atoms with Gasteiger partial charge in [0.1, 0.15) is 6.61 Å². The Hall–Kier alpha value is -1.99. The third kappa shape index (κ3) is 7.11. The molecule has 2 saturated heterocycles. The summed E-state index contributed by atoms with van der Waals surface area (Å²) in [5.41, 5.74) is -1.18. The summed E-state index contributed by atoms with van der Waals surface area (Å²) in [7, 11) is -4.39. The van der Waals surface area contributed by atoms with E-state index in [4.69, 9.17) is 4.74 Å². The van der Waals surface area contributed by atoms with Gasteiger partial charge in [0.15, 0.2) is 0 Å². The molecule has 0 aliphatic carbocycles. The van der Waals surface area contributed by atoms with Crippen molar-refractivity contribution in [2.45, 2.75) is 42.8 Å². The molecule has 37 heavy (non-hydrogen) atoms. The van der Waals surface area contributed by atoms with E-state index in [1.807, 2.05) is 6.07 Å². The van der Waals surface area contributed by atoms with E-state index < -0.39 is 32.7 Å². The number of piperidine rings is 1. The summed E-state index contributed by atoms with van der Waals surface area (Å²) in [5, 5.41) is 2.06. The zero-order chi connectivity index (χ0) is 26.5. The second-order valence-corrected chi connectivity index (χ2v) is 12.2. The zero-order valence-electron chi connectivity index (χ0n) is 20.5. The fourth-order valence-electron chi connectivity index (χ4n) is 4.83. The van der Waals surface area contributed by atoms with Crippen molar-refractivity contribution in [3.05, 3.63) is 52.2 Å². The van der Waals surface area contributed by atoms with Gasteiger partial charge in [-0.1, -0.05) is 24.6 Å². The first-order valence-electron chi connectivity index (χ1n) is 12.4. The van der Waals surface area contributed by atoms with Crippen LogP contribution in [0.1, 0.15) is 29.7 Å². The highest BCUT2D eigenvalue weighted by molar-refractivity contribution is 7.89. The Kier molecular flexibility index (Phi) is 9.28. The topological polar surface area (TPSA) is 70.2 Å². The molecule has 1 amide bonds. The van der Waals surface area contributed by atoms with Crippen LogP contribution in [0.15, 0.2) is 46.7 Å².